The third-order valence-corrected chi connectivity index (χ3v) is 5.99. The molecule has 0 aliphatic heterocycles. The van der Waals surface area contributed by atoms with Crippen LogP contribution in [0.1, 0.15) is 38.3 Å². The van der Waals surface area contributed by atoms with Crippen LogP contribution < -0.4 is 10.1 Å². The van der Waals surface area contributed by atoms with Gasteiger partial charge in [0.25, 0.3) is 0 Å². The second-order valence-corrected chi connectivity index (χ2v) is 8.21. The summed E-state index contributed by atoms with van der Waals surface area (Å²) >= 11 is 5.36. The number of hydrogen-bond acceptors (Lipinski definition) is 6. The Balaban J connectivity index is 2.43. The molecule has 0 fully saturated rings. The molecule has 0 aliphatic carbocycles. The zero-order valence-corrected chi connectivity index (χ0v) is 16.2. The van der Waals surface area contributed by atoms with Crippen LogP contribution in [0.3, 0.4) is 0 Å². The molecule has 0 spiro atoms. The Morgan fingerprint density at radius 2 is 1.83 bits per heavy atom. The van der Waals surface area contributed by atoms with Gasteiger partial charge in [0.1, 0.15) is 11.3 Å². The molecule has 0 radical (unpaired) electrons. The molecule has 2 aromatic rings. The predicted molar refractivity (Wildman–Crippen MR) is 99.4 cm³/mol. The standard InChI is InChI=1S/C17H23O5PS/c1-5-8-15-12(4)14-10-9-13(11-16(14)21-17(15)18)22-23(24,19-6-2)20-7-3/h9-11H,5-8H2,1-4H3. The van der Waals surface area contributed by atoms with Crippen molar-refractivity contribution in [3.63, 3.8) is 0 Å². The minimum absolute atomic E-state index is 0.298. The molecule has 0 N–H and O–H groups in total. The fourth-order valence-corrected chi connectivity index (χ4v) is 4.58. The molecule has 0 unspecified atom stereocenters. The van der Waals surface area contributed by atoms with Gasteiger partial charge in [0.15, 0.2) is 0 Å². The summed E-state index contributed by atoms with van der Waals surface area (Å²) in [7, 11) is 0. The van der Waals surface area contributed by atoms with Crippen LogP contribution >= 0.6 is 6.72 Å². The molecule has 132 valence electrons. The molecule has 7 heteroatoms. The van der Waals surface area contributed by atoms with Crippen LogP contribution in [-0.4, -0.2) is 13.2 Å². The number of aryl methyl sites for hydroxylation is 1. The lowest BCUT2D eigenvalue weighted by Gasteiger charge is -2.21. The molecule has 0 atom stereocenters. The topological polar surface area (TPSA) is 57.9 Å². The fraction of sp³-hybridized carbons (Fsp3) is 0.471. The summed E-state index contributed by atoms with van der Waals surface area (Å²) in [5, 5.41) is 0.895. The van der Waals surface area contributed by atoms with Crippen LogP contribution in [0.5, 0.6) is 5.75 Å². The van der Waals surface area contributed by atoms with Gasteiger partial charge in [-0.1, -0.05) is 13.3 Å². The molecular formula is C17H23O5PS. The van der Waals surface area contributed by atoms with Gasteiger partial charge in [0.05, 0.1) is 13.2 Å². The van der Waals surface area contributed by atoms with Gasteiger partial charge in [-0.3, -0.25) is 9.05 Å². The normalized spacial score (nSPS) is 11.8. The Bertz CT molecular complexity index is 804. The number of fused-ring (bicyclic) bond motifs is 1. The Labute approximate surface area is 147 Å². The van der Waals surface area contributed by atoms with E-state index in [-0.39, 0.29) is 5.63 Å². The highest BCUT2D eigenvalue weighted by Gasteiger charge is 2.22. The third-order valence-electron chi connectivity index (χ3n) is 3.55. The molecule has 1 aromatic heterocycles. The highest BCUT2D eigenvalue weighted by atomic mass is 32.5. The van der Waals surface area contributed by atoms with Gasteiger partial charge in [-0.2, -0.15) is 0 Å². The average molecular weight is 370 g/mol. The summed E-state index contributed by atoms with van der Waals surface area (Å²) in [5.41, 5.74) is 1.86. The van der Waals surface area contributed by atoms with Gasteiger partial charge >= 0.3 is 12.3 Å². The van der Waals surface area contributed by atoms with Crippen molar-refractivity contribution in [3.05, 3.63) is 39.7 Å². The lowest BCUT2D eigenvalue weighted by Crippen LogP contribution is -2.10. The molecule has 0 bridgehead atoms. The maximum Gasteiger partial charge on any atom is 0.380 e. The lowest BCUT2D eigenvalue weighted by atomic mass is 10.0. The van der Waals surface area contributed by atoms with E-state index in [0.29, 0.717) is 31.0 Å². The van der Waals surface area contributed by atoms with E-state index in [1.165, 1.54) is 0 Å². The van der Waals surface area contributed by atoms with Crippen molar-refractivity contribution in [1.29, 1.82) is 0 Å². The average Bonchev–Trinajstić information content (AvgIpc) is 2.51. The molecule has 0 amide bonds. The third kappa shape index (κ3) is 4.25. The van der Waals surface area contributed by atoms with Crippen LogP contribution in [0.2, 0.25) is 0 Å². The Morgan fingerprint density at radius 1 is 1.17 bits per heavy atom. The first-order chi connectivity index (χ1) is 11.4. The maximum atomic E-state index is 12.2. The van der Waals surface area contributed by atoms with Gasteiger partial charge in [0.2, 0.25) is 0 Å². The minimum Gasteiger partial charge on any atom is -0.424 e. The molecule has 2 rings (SSSR count). The molecule has 0 saturated carbocycles. The summed E-state index contributed by atoms with van der Waals surface area (Å²) in [5.74, 6) is 0.471. The Hall–Kier alpha value is -1.20. The van der Waals surface area contributed by atoms with Crippen molar-refractivity contribution in [2.45, 2.75) is 40.5 Å². The first-order valence-electron chi connectivity index (χ1n) is 8.09. The number of rotatable bonds is 8. The molecule has 1 aromatic carbocycles. The van der Waals surface area contributed by atoms with Crippen LogP contribution in [0.4, 0.5) is 0 Å². The van der Waals surface area contributed by atoms with E-state index in [4.69, 9.17) is 29.8 Å². The molecule has 0 aliphatic rings. The smallest absolute Gasteiger partial charge is 0.380 e. The first kappa shape index (κ1) is 19.1. The van der Waals surface area contributed by atoms with Crippen LogP contribution in [0.25, 0.3) is 11.0 Å². The first-order valence-corrected chi connectivity index (χ1v) is 10.6. The van der Waals surface area contributed by atoms with Crippen LogP contribution in [0, 0.1) is 6.92 Å². The molecule has 1 heterocycles. The summed E-state index contributed by atoms with van der Waals surface area (Å²) in [6.07, 6.45) is 1.60. The molecular weight excluding hydrogens is 347 g/mol. The van der Waals surface area contributed by atoms with E-state index < -0.39 is 6.72 Å². The maximum absolute atomic E-state index is 12.2. The summed E-state index contributed by atoms with van der Waals surface area (Å²) in [4.78, 5) is 12.2. The fourth-order valence-electron chi connectivity index (χ4n) is 2.51. The largest absolute Gasteiger partial charge is 0.424 e. The lowest BCUT2D eigenvalue weighted by molar-refractivity contribution is 0.218. The van der Waals surface area contributed by atoms with Crippen molar-refractivity contribution < 1.29 is 18.0 Å². The highest BCUT2D eigenvalue weighted by Crippen LogP contribution is 2.50. The Morgan fingerprint density at radius 3 is 2.42 bits per heavy atom. The number of hydrogen-bond donors (Lipinski definition) is 0. The summed E-state index contributed by atoms with van der Waals surface area (Å²) < 4.78 is 22.2. The van der Waals surface area contributed by atoms with E-state index in [0.717, 1.165) is 22.9 Å². The van der Waals surface area contributed by atoms with Gasteiger partial charge in [-0.05, 0) is 44.9 Å². The van der Waals surface area contributed by atoms with Gasteiger partial charge in [-0.15, -0.1) is 0 Å². The van der Waals surface area contributed by atoms with E-state index >= 15 is 0 Å². The van der Waals surface area contributed by atoms with E-state index in [1.807, 2.05) is 33.8 Å². The van der Waals surface area contributed by atoms with Gasteiger partial charge in [0, 0.05) is 28.8 Å². The number of benzene rings is 1. The monoisotopic (exact) mass is 370 g/mol. The van der Waals surface area contributed by atoms with E-state index in [9.17, 15) is 4.79 Å². The summed E-state index contributed by atoms with van der Waals surface area (Å²) in [6, 6.07) is 5.34. The zero-order chi connectivity index (χ0) is 17.7. The molecule has 24 heavy (non-hydrogen) atoms. The van der Waals surface area contributed by atoms with E-state index in [2.05, 4.69) is 0 Å². The van der Waals surface area contributed by atoms with Crippen molar-refractivity contribution in [1.82, 2.24) is 0 Å². The second-order valence-electron chi connectivity index (χ2n) is 5.28. The van der Waals surface area contributed by atoms with Crippen molar-refractivity contribution in [2.24, 2.45) is 0 Å². The van der Waals surface area contributed by atoms with Crippen molar-refractivity contribution in [2.75, 3.05) is 13.2 Å². The Kier molecular flexibility index (Phi) is 6.58. The molecule has 0 saturated heterocycles. The van der Waals surface area contributed by atoms with Gasteiger partial charge < -0.3 is 8.94 Å². The predicted octanol–water partition coefficient (Wildman–Crippen LogP) is 4.73. The van der Waals surface area contributed by atoms with Gasteiger partial charge in [-0.25, -0.2) is 4.79 Å². The quantitative estimate of drug-likeness (QED) is 0.495. The summed E-state index contributed by atoms with van der Waals surface area (Å²) in [6.45, 7) is 5.60. The SMILES string of the molecule is CCCc1c(C)c2ccc(OP(=S)(OCC)OCC)cc2oc1=O. The minimum atomic E-state index is -2.85. The van der Waals surface area contributed by atoms with Crippen LogP contribution in [-0.2, 0) is 27.3 Å². The van der Waals surface area contributed by atoms with Crippen molar-refractivity contribution >= 4 is 29.5 Å². The zero-order valence-electron chi connectivity index (χ0n) is 14.5. The highest BCUT2D eigenvalue weighted by molar-refractivity contribution is 8.07. The van der Waals surface area contributed by atoms with Crippen LogP contribution in [0.15, 0.2) is 27.4 Å². The van der Waals surface area contributed by atoms with Crippen molar-refractivity contribution in [3.8, 4) is 5.75 Å². The second kappa shape index (κ2) is 8.26. The van der Waals surface area contributed by atoms with E-state index in [1.54, 1.807) is 12.1 Å². The molecule has 5 nitrogen and oxygen atoms in total.